The number of hydrogen-bond acceptors (Lipinski definition) is 3. The number of halogens is 1. The fraction of sp³-hybridized carbons (Fsp3) is 0.462. The third-order valence-corrected chi connectivity index (χ3v) is 2.86. The van der Waals surface area contributed by atoms with E-state index in [1.54, 1.807) is 45.9 Å². The highest BCUT2D eigenvalue weighted by Gasteiger charge is 2.20. The van der Waals surface area contributed by atoms with Gasteiger partial charge in [-0.15, -0.1) is 0 Å². The van der Waals surface area contributed by atoms with Crippen LogP contribution in [0.1, 0.15) is 39.3 Å². The quantitative estimate of drug-likeness (QED) is 0.874. The summed E-state index contributed by atoms with van der Waals surface area (Å²) in [6.45, 7) is 7.18. The normalized spacial score (nSPS) is 12.9. The van der Waals surface area contributed by atoms with Crippen LogP contribution in [0.5, 0.6) is 5.75 Å². The predicted octanol–water partition coefficient (Wildman–Crippen LogP) is 3.74. The van der Waals surface area contributed by atoms with Crippen molar-refractivity contribution in [1.82, 2.24) is 5.32 Å². The highest BCUT2D eigenvalue weighted by atomic mass is 79.9. The second-order valence-electron chi connectivity index (χ2n) is 5.05. The molecule has 0 fully saturated rings. The van der Waals surface area contributed by atoms with Gasteiger partial charge < -0.3 is 15.2 Å². The van der Waals surface area contributed by atoms with Crippen LogP contribution in [0.2, 0.25) is 0 Å². The molecular weight excluding hydrogens is 298 g/mol. The zero-order valence-electron chi connectivity index (χ0n) is 11.0. The molecule has 0 aliphatic rings. The molecule has 1 rings (SSSR count). The molecule has 0 saturated heterocycles. The molecule has 0 heterocycles. The Hall–Kier alpha value is -1.23. The largest absolute Gasteiger partial charge is 0.506 e. The van der Waals surface area contributed by atoms with Crippen LogP contribution in [0.4, 0.5) is 4.79 Å². The molecule has 0 unspecified atom stereocenters. The summed E-state index contributed by atoms with van der Waals surface area (Å²) in [7, 11) is 0. The van der Waals surface area contributed by atoms with Crippen molar-refractivity contribution in [2.75, 3.05) is 0 Å². The maximum atomic E-state index is 11.6. The number of alkyl carbamates (subject to hydrolysis) is 1. The van der Waals surface area contributed by atoms with Crippen LogP contribution >= 0.6 is 15.9 Å². The molecule has 1 aromatic rings. The molecule has 0 spiro atoms. The lowest BCUT2D eigenvalue weighted by atomic mass is 10.1. The van der Waals surface area contributed by atoms with Crippen molar-refractivity contribution in [3.8, 4) is 5.75 Å². The number of carbonyl (C=O) groups is 1. The zero-order chi connectivity index (χ0) is 13.9. The lowest BCUT2D eigenvalue weighted by Crippen LogP contribution is -2.34. The first-order valence-corrected chi connectivity index (χ1v) is 6.47. The highest BCUT2D eigenvalue weighted by Crippen LogP contribution is 2.31. The van der Waals surface area contributed by atoms with Gasteiger partial charge in [-0.3, -0.25) is 0 Å². The van der Waals surface area contributed by atoms with E-state index in [9.17, 15) is 9.90 Å². The van der Waals surface area contributed by atoms with Gasteiger partial charge in [-0.2, -0.15) is 0 Å². The molecular formula is C13H18BrNO3. The van der Waals surface area contributed by atoms with Crippen LogP contribution in [-0.2, 0) is 4.74 Å². The molecule has 0 saturated carbocycles. The minimum Gasteiger partial charge on any atom is -0.506 e. The van der Waals surface area contributed by atoms with Gasteiger partial charge in [0, 0.05) is 5.56 Å². The van der Waals surface area contributed by atoms with E-state index in [-0.39, 0.29) is 11.8 Å². The van der Waals surface area contributed by atoms with E-state index < -0.39 is 11.7 Å². The fourth-order valence-corrected chi connectivity index (χ4v) is 1.83. The Morgan fingerprint density at radius 1 is 1.44 bits per heavy atom. The standard InChI is InChI=1S/C13H18BrNO3/c1-8(15-12(17)18-13(2,3)4)9-6-5-7-10(14)11(9)16/h5-8,16H,1-4H3,(H,15,17)/t8-/m1/s1. The summed E-state index contributed by atoms with van der Waals surface area (Å²) in [5, 5.41) is 12.6. The number of hydrogen-bond donors (Lipinski definition) is 2. The average Bonchev–Trinajstić information content (AvgIpc) is 2.18. The predicted molar refractivity (Wildman–Crippen MR) is 73.6 cm³/mol. The van der Waals surface area contributed by atoms with Gasteiger partial charge in [0.1, 0.15) is 11.4 Å². The molecule has 18 heavy (non-hydrogen) atoms. The zero-order valence-corrected chi connectivity index (χ0v) is 12.5. The number of phenols is 1. The second-order valence-corrected chi connectivity index (χ2v) is 5.90. The van der Waals surface area contributed by atoms with Crippen molar-refractivity contribution in [3.05, 3.63) is 28.2 Å². The smallest absolute Gasteiger partial charge is 0.408 e. The Labute approximate surface area is 115 Å². The van der Waals surface area contributed by atoms with Crippen LogP contribution in [0.15, 0.2) is 22.7 Å². The molecule has 0 bridgehead atoms. The number of nitrogens with one attached hydrogen (secondary N) is 1. The van der Waals surface area contributed by atoms with E-state index in [0.717, 1.165) is 0 Å². The summed E-state index contributed by atoms with van der Waals surface area (Å²) in [4.78, 5) is 11.6. The van der Waals surface area contributed by atoms with Gasteiger partial charge in [0.15, 0.2) is 0 Å². The third kappa shape index (κ3) is 4.22. The number of benzene rings is 1. The molecule has 1 amide bonds. The fourth-order valence-electron chi connectivity index (χ4n) is 1.44. The van der Waals surface area contributed by atoms with Crippen LogP contribution in [0.25, 0.3) is 0 Å². The van der Waals surface area contributed by atoms with E-state index in [2.05, 4.69) is 21.2 Å². The van der Waals surface area contributed by atoms with Gasteiger partial charge in [-0.1, -0.05) is 12.1 Å². The van der Waals surface area contributed by atoms with Crippen molar-refractivity contribution in [2.24, 2.45) is 0 Å². The Morgan fingerprint density at radius 2 is 2.06 bits per heavy atom. The third-order valence-electron chi connectivity index (χ3n) is 2.22. The van der Waals surface area contributed by atoms with Crippen molar-refractivity contribution in [2.45, 2.75) is 39.3 Å². The van der Waals surface area contributed by atoms with E-state index in [1.807, 2.05) is 0 Å². The summed E-state index contributed by atoms with van der Waals surface area (Å²) >= 11 is 3.24. The van der Waals surface area contributed by atoms with Gasteiger partial charge in [0.05, 0.1) is 10.5 Å². The number of carbonyl (C=O) groups excluding carboxylic acids is 1. The second kappa shape index (κ2) is 5.61. The minimum absolute atomic E-state index is 0.126. The number of amides is 1. The first-order valence-electron chi connectivity index (χ1n) is 5.67. The van der Waals surface area contributed by atoms with Gasteiger partial charge in [0.2, 0.25) is 0 Å². The molecule has 0 aromatic heterocycles. The van der Waals surface area contributed by atoms with Crippen LogP contribution in [-0.4, -0.2) is 16.8 Å². The molecule has 1 aromatic carbocycles. The van der Waals surface area contributed by atoms with Gasteiger partial charge >= 0.3 is 6.09 Å². The van der Waals surface area contributed by atoms with Crippen molar-refractivity contribution in [3.63, 3.8) is 0 Å². The maximum absolute atomic E-state index is 11.6. The van der Waals surface area contributed by atoms with E-state index in [0.29, 0.717) is 10.0 Å². The Morgan fingerprint density at radius 3 is 2.61 bits per heavy atom. The number of phenolic OH excluding ortho intramolecular Hbond substituents is 1. The van der Waals surface area contributed by atoms with Crippen LogP contribution in [0, 0.1) is 0 Å². The van der Waals surface area contributed by atoms with Crippen LogP contribution in [0.3, 0.4) is 0 Å². The SMILES string of the molecule is C[C@@H](NC(=O)OC(C)(C)C)c1cccc(Br)c1O. The number of rotatable bonds is 2. The maximum Gasteiger partial charge on any atom is 0.408 e. The molecule has 2 N–H and O–H groups in total. The van der Waals surface area contributed by atoms with Crippen LogP contribution < -0.4 is 5.32 Å². The molecule has 100 valence electrons. The number of aromatic hydroxyl groups is 1. The Balaban J connectivity index is 2.74. The van der Waals surface area contributed by atoms with E-state index in [4.69, 9.17) is 4.74 Å². The average molecular weight is 316 g/mol. The van der Waals surface area contributed by atoms with Gasteiger partial charge in [0.25, 0.3) is 0 Å². The molecule has 5 heteroatoms. The molecule has 0 aliphatic carbocycles. The molecule has 1 atom stereocenters. The lowest BCUT2D eigenvalue weighted by Gasteiger charge is -2.22. The topological polar surface area (TPSA) is 58.6 Å². The number of ether oxygens (including phenoxy) is 1. The summed E-state index contributed by atoms with van der Waals surface area (Å²) in [5.41, 5.74) is 0.0959. The summed E-state index contributed by atoms with van der Waals surface area (Å²) in [5.74, 6) is 0.126. The summed E-state index contributed by atoms with van der Waals surface area (Å²) < 4.78 is 5.75. The van der Waals surface area contributed by atoms with Gasteiger partial charge in [-0.05, 0) is 49.7 Å². The van der Waals surface area contributed by atoms with E-state index >= 15 is 0 Å². The molecule has 0 aliphatic heterocycles. The summed E-state index contributed by atoms with van der Waals surface area (Å²) in [6, 6.07) is 4.95. The number of para-hydroxylation sites is 1. The van der Waals surface area contributed by atoms with Crippen molar-refractivity contribution < 1.29 is 14.6 Å². The monoisotopic (exact) mass is 315 g/mol. The highest BCUT2D eigenvalue weighted by molar-refractivity contribution is 9.10. The lowest BCUT2D eigenvalue weighted by molar-refractivity contribution is 0.0507. The molecule has 4 nitrogen and oxygen atoms in total. The van der Waals surface area contributed by atoms with Crippen molar-refractivity contribution >= 4 is 22.0 Å². The Kier molecular flexibility index (Phi) is 4.62. The molecule has 0 radical (unpaired) electrons. The minimum atomic E-state index is -0.539. The van der Waals surface area contributed by atoms with E-state index in [1.165, 1.54) is 0 Å². The Bertz CT molecular complexity index is 440. The first kappa shape index (κ1) is 14.8. The first-order chi connectivity index (χ1) is 8.20. The summed E-state index contributed by atoms with van der Waals surface area (Å²) in [6.07, 6.45) is -0.505. The van der Waals surface area contributed by atoms with Crippen molar-refractivity contribution in [1.29, 1.82) is 0 Å². The van der Waals surface area contributed by atoms with Gasteiger partial charge in [-0.25, -0.2) is 4.79 Å².